The Balaban J connectivity index is 2.45. The van der Waals surface area contributed by atoms with Gasteiger partial charge in [0, 0.05) is 26.2 Å². The van der Waals surface area contributed by atoms with Crippen LogP contribution in [0.25, 0.3) is 0 Å². The molecule has 1 saturated heterocycles. The van der Waals surface area contributed by atoms with Gasteiger partial charge in [-0.1, -0.05) is 13.8 Å². The van der Waals surface area contributed by atoms with Gasteiger partial charge in [0.2, 0.25) is 0 Å². The molecule has 0 aromatic heterocycles. The van der Waals surface area contributed by atoms with Gasteiger partial charge < -0.3 is 10.6 Å². The van der Waals surface area contributed by atoms with Gasteiger partial charge in [0.15, 0.2) is 0 Å². The highest BCUT2D eigenvalue weighted by Crippen LogP contribution is 2.11. The molecule has 1 rings (SSSR count). The molecule has 1 fully saturated rings. The number of hydrogen-bond donors (Lipinski definition) is 2. The molecule has 16 heavy (non-hydrogen) atoms. The Morgan fingerprint density at radius 3 is 2.19 bits per heavy atom. The van der Waals surface area contributed by atoms with E-state index in [4.69, 9.17) is 5.73 Å². The second-order valence-corrected chi connectivity index (χ2v) is 4.59. The maximum Gasteiger partial charge on any atom is 0.254 e. The third-order valence-corrected chi connectivity index (χ3v) is 3.48. The molecule has 94 valence electrons. The van der Waals surface area contributed by atoms with Gasteiger partial charge in [0.05, 0.1) is 5.54 Å². The van der Waals surface area contributed by atoms with Crippen LogP contribution in [0.2, 0.25) is 0 Å². The van der Waals surface area contributed by atoms with Crippen LogP contribution in [0.3, 0.4) is 0 Å². The third kappa shape index (κ3) is 3.17. The van der Waals surface area contributed by atoms with E-state index < -0.39 is 5.54 Å². The van der Waals surface area contributed by atoms with E-state index in [2.05, 4.69) is 17.4 Å². The molecule has 1 heterocycles. The van der Waals surface area contributed by atoms with Gasteiger partial charge in [-0.3, -0.25) is 10.2 Å². The van der Waals surface area contributed by atoms with Gasteiger partial charge in [-0.25, -0.2) is 5.01 Å². The molecule has 1 aliphatic rings. The van der Waals surface area contributed by atoms with E-state index in [1.54, 1.807) is 0 Å². The average molecular weight is 228 g/mol. The molecule has 0 spiro atoms. The first-order chi connectivity index (χ1) is 7.51. The van der Waals surface area contributed by atoms with Crippen molar-refractivity contribution in [3.05, 3.63) is 0 Å². The second kappa shape index (κ2) is 5.61. The Labute approximate surface area is 97.9 Å². The molecule has 0 atom stereocenters. The van der Waals surface area contributed by atoms with Crippen LogP contribution in [0.5, 0.6) is 0 Å². The van der Waals surface area contributed by atoms with E-state index in [-0.39, 0.29) is 5.91 Å². The van der Waals surface area contributed by atoms with Crippen LogP contribution < -0.4 is 11.2 Å². The average Bonchev–Trinajstić information content (AvgIpc) is 2.31. The summed E-state index contributed by atoms with van der Waals surface area (Å²) in [6, 6.07) is 0. The number of nitrogens with zero attached hydrogens (tertiary/aromatic N) is 2. The minimum absolute atomic E-state index is 0.0537. The Bertz CT molecular complexity index is 232. The van der Waals surface area contributed by atoms with Crippen molar-refractivity contribution >= 4 is 5.91 Å². The molecule has 0 unspecified atom stereocenters. The zero-order chi connectivity index (χ0) is 12.2. The summed E-state index contributed by atoms with van der Waals surface area (Å²) in [6.45, 7) is 7.60. The van der Waals surface area contributed by atoms with Crippen molar-refractivity contribution in [1.29, 1.82) is 0 Å². The van der Waals surface area contributed by atoms with Crippen LogP contribution in [0.1, 0.15) is 26.7 Å². The fourth-order valence-corrected chi connectivity index (χ4v) is 1.74. The van der Waals surface area contributed by atoms with E-state index in [9.17, 15) is 4.79 Å². The maximum atomic E-state index is 12.0. The first-order valence-electron chi connectivity index (χ1n) is 6.05. The molecule has 5 nitrogen and oxygen atoms in total. The first-order valence-corrected chi connectivity index (χ1v) is 6.05. The van der Waals surface area contributed by atoms with Gasteiger partial charge in [0.1, 0.15) is 0 Å². The summed E-state index contributed by atoms with van der Waals surface area (Å²) < 4.78 is 0. The highest BCUT2D eigenvalue weighted by molar-refractivity contribution is 5.85. The Morgan fingerprint density at radius 1 is 1.25 bits per heavy atom. The van der Waals surface area contributed by atoms with Gasteiger partial charge in [-0.05, 0) is 19.9 Å². The summed E-state index contributed by atoms with van der Waals surface area (Å²) in [6.07, 6.45) is 1.34. The lowest BCUT2D eigenvalue weighted by Gasteiger charge is -2.35. The number of hydrazine groups is 1. The Hall–Kier alpha value is -0.650. The van der Waals surface area contributed by atoms with Crippen LogP contribution >= 0.6 is 0 Å². The zero-order valence-corrected chi connectivity index (χ0v) is 10.6. The van der Waals surface area contributed by atoms with Crippen molar-refractivity contribution in [2.24, 2.45) is 5.73 Å². The second-order valence-electron chi connectivity index (χ2n) is 4.59. The molecule has 0 radical (unpaired) electrons. The van der Waals surface area contributed by atoms with Crippen molar-refractivity contribution in [3.63, 3.8) is 0 Å². The van der Waals surface area contributed by atoms with E-state index in [0.29, 0.717) is 12.8 Å². The summed E-state index contributed by atoms with van der Waals surface area (Å²) in [4.78, 5) is 14.2. The van der Waals surface area contributed by atoms with Crippen LogP contribution in [0, 0.1) is 0 Å². The normalized spacial score (nSPS) is 19.8. The fourth-order valence-electron chi connectivity index (χ4n) is 1.74. The molecular formula is C11H24N4O. The highest BCUT2D eigenvalue weighted by atomic mass is 16.2. The van der Waals surface area contributed by atoms with Crippen molar-refractivity contribution in [1.82, 2.24) is 15.3 Å². The number of carbonyl (C=O) groups excluding carboxylic acids is 1. The Morgan fingerprint density at radius 2 is 1.75 bits per heavy atom. The van der Waals surface area contributed by atoms with Crippen LogP contribution in [-0.4, -0.2) is 54.6 Å². The maximum absolute atomic E-state index is 12.0. The number of hydrogen-bond acceptors (Lipinski definition) is 4. The quantitative estimate of drug-likeness (QED) is 0.698. The zero-order valence-electron chi connectivity index (χ0n) is 10.6. The summed E-state index contributed by atoms with van der Waals surface area (Å²) >= 11 is 0. The number of likely N-dealkylation sites (N-methyl/N-ethyl adjacent to an activating group) is 1. The summed E-state index contributed by atoms with van der Waals surface area (Å²) in [5.74, 6) is -0.0537. The molecule has 0 saturated carbocycles. The number of nitrogens with one attached hydrogen (secondary N) is 1. The molecule has 0 aromatic rings. The van der Waals surface area contributed by atoms with Gasteiger partial charge in [0.25, 0.3) is 5.91 Å². The molecule has 3 N–H and O–H groups in total. The minimum Gasteiger partial charge on any atom is -0.317 e. The Kier molecular flexibility index (Phi) is 4.70. The first kappa shape index (κ1) is 13.4. The van der Waals surface area contributed by atoms with E-state index in [1.165, 1.54) is 0 Å². The lowest BCUT2D eigenvalue weighted by molar-refractivity contribution is -0.132. The van der Waals surface area contributed by atoms with Crippen molar-refractivity contribution in [2.45, 2.75) is 32.2 Å². The highest BCUT2D eigenvalue weighted by Gasteiger charge is 2.31. The molecule has 1 aliphatic heterocycles. The summed E-state index contributed by atoms with van der Waals surface area (Å²) in [5.41, 5.74) is 8.24. The minimum atomic E-state index is -0.719. The van der Waals surface area contributed by atoms with Gasteiger partial charge in [-0.2, -0.15) is 0 Å². The monoisotopic (exact) mass is 228 g/mol. The molecule has 0 aliphatic carbocycles. The van der Waals surface area contributed by atoms with E-state index >= 15 is 0 Å². The fraction of sp³-hybridized carbons (Fsp3) is 0.909. The SMILES string of the molecule is CCC(N)(CC)C(=O)NN1CCN(C)CC1. The van der Waals surface area contributed by atoms with Crippen molar-refractivity contribution in [3.8, 4) is 0 Å². The largest absolute Gasteiger partial charge is 0.317 e. The number of piperazine rings is 1. The van der Waals surface area contributed by atoms with Gasteiger partial charge >= 0.3 is 0 Å². The number of nitrogens with two attached hydrogens (primary N) is 1. The third-order valence-electron chi connectivity index (χ3n) is 3.48. The van der Waals surface area contributed by atoms with Gasteiger partial charge in [-0.15, -0.1) is 0 Å². The van der Waals surface area contributed by atoms with Crippen LogP contribution in [-0.2, 0) is 4.79 Å². The van der Waals surface area contributed by atoms with Crippen molar-refractivity contribution < 1.29 is 4.79 Å². The lowest BCUT2D eigenvalue weighted by Crippen LogP contribution is -2.60. The summed E-state index contributed by atoms with van der Waals surface area (Å²) in [5, 5.41) is 1.97. The molecule has 1 amide bonds. The molecule has 0 bridgehead atoms. The summed E-state index contributed by atoms with van der Waals surface area (Å²) in [7, 11) is 2.09. The predicted octanol–water partition coefficient (Wildman–Crippen LogP) is -0.217. The number of carbonyl (C=O) groups is 1. The molecule has 5 heteroatoms. The number of rotatable bonds is 4. The van der Waals surface area contributed by atoms with Crippen molar-refractivity contribution in [2.75, 3.05) is 33.2 Å². The lowest BCUT2D eigenvalue weighted by atomic mass is 9.93. The predicted molar refractivity (Wildman–Crippen MR) is 64.7 cm³/mol. The standard InChI is InChI=1S/C11H24N4O/c1-4-11(12,5-2)10(16)13-15-8-6-14(3)7-9-15/h4-9,12H2,1-3H3,(H,13,16). The number of amides is 1. The van der Waals surface area contributed by atoms with E-state index in [1.807, 2.05) is 18.9 Å². The van der Waals surface area contributed by atoms with E-state index in [0.717, 1.165) is 26.2 Å². The molecule has 0 aromatic carbocycles. The topological polar surface area (TPSA) is 61.6 Å². The molecular weight excluding hydrogens is 204 g/mol. The smallest absolute Gasteiger partial charge is 0.254 e. The van der Waals surface area contributed by atoms with Crippen LogP contribution in [0.4, 0.5) is 0 Å². The van der Waals surface area contributed by atoms with Crippen LogP contribution in [0.15, 0.2) is 0 Å².